The van der Waals surface area contributed by atoms with Crippen LogP contribution >= 0.6 is 0 Å². The van der Waals surface area contributed by atoms with Crippen molar-refractivity contribution in [3.05, 3.63) is 70.8 Å². The molecule has 0 unspecified atom stereocenters. The molecule has 0 aliphatic heterocycles. The quantitative estimate of drug-likeness (QED) is 0.907. The van der Waals surface area contributed by atoms with Crippen LogP contribution in [0.25, 0.3) is 5.57 Å². The molecule has 2 heteroatoms. The Hall–Kier alpha value is -2.06. The molecule has 1 N–H and O–H groups in total. The van der Waals surface area contributed by atoms with Crippen molar-refractivity contribution in [2.24, 2.45) is 0 Å². The highest BCUT2D eigenvalue weighted by Gasteiger charge is 2.34. The summed E-state index contributed by atoms with van der Waals surface area (Å²) in [5.41, 5.74) is 6.27. The Balaban J connectivity index is 2.19. The van der Waals surface area contributed by atoms with Crippen molar-refractivity contribution in [2.75, 3.05) is 20.6 Å². The smallest absolute Gasteiger partial charge is 0.116 e. The number of phenols is 1. The van der Waals surface area contributed by atoms with Crippen LogP contribution in [-0.2, 0) is 5.41 Å². The minimum absolute atomic E-state index is 0.0570. The largest absolute Gasteiger partial charge is 0.508 e. The Labute approximate surface area is 139 Å². The Morgan fingerprint density at radius 2 is 1.70 bits per heavy atom. The van der Waals surface area contributed by atoms with Gasteiger partial charge in [0.05, 0.1) is 0 Å². The number of phenolic OH excluding ortho intramolecular Hbond substituents is 1. The number of hydrogen-bond acceptors (Lipinski definition) is 2. The third kappa shape index (κ3) is 2.79. The number of benzene rings is 2. The zero-order chi connectivity index (χ0) is 16.6. The van der Waals surface area contributed by atoms with Gasteiger partial charge in [0.25, 0.3) is 0 Å². The molecule has 0 saturated heterocycles. The number of aromatic hydroxyl groups is 1. The van der Waals surface area contributed by atoms with Crippen LogP contribution in [0.2, 0.25) is 0 Å². The van der Waals surface area contributed by atoms with Gasteiger partial charge < -0.3 is 10.0 Å². The fraction of sp³-hybridized carbons (Fsp3) is 0.333. The fourth-order valence-corrected chi connectivity index (χ4v) is 3.54. The molecule has 0 radical (unpaired) electrons. The molecule has 0 fully saturated rings. The number of nitrogens with zero attached hydrogens (tertiary/aromatic N) is 1. The second kappa shape index (κ2) is 5.86. The minimum atomic E-state index is -0.0570. The van der Waals surface area contributed by atoms with Crippen LogP contribution in [0.4, 0.5) is 0 Å². The second-order valence-corrected chi connectivity index (χ2v) is 7.11. The molecule has 0 atom stereocenters. The summed E-state index contributed by atoms with van der Waals surface area (Å²) in [5, 5.41) is 10.0. The highest BCUT2D eigenvalue weighted by molar-refractivity contribution is 5.88. The lowest BCUT2D eigenvalue weighted by atomic mass is 9.67. The molecule has 1 aliphatic rings. The minimum Gasteiger partial charge on any atom is -0.508 e. The first kappa shape index (κ1) is 15.8. The first-order chi connectivity index (χ1) is 10.9. The molecule has 0 bridgehead atoms. The van der Waals surface area contributed by atoms with Crippen LogP contribution in [-0.4, -0.2) is 30.6 Å². The van der Waals surface area contributed by atoms with E-state index in [1.54, 1.807) is 6.07 Å². The van der Waals surface area contributed by atoms with E-state index in [9.17, 15) is 5.11 Å². The van der Waals surface area contributed by atoms with Crippen molar-refractivity contribution in [2.45, 2.75) is 25.7 Å². The molecule has 0 aromatic heterocycles. The standard InChI is InChI=1S/C21H25NO/c1-21(2)19-10-6-5-8-17(19)16(9-7-13-22(3)4)18-14-15(23)11-12-20(18)21/h5-6,8-12,14,23H,7,13H2,1-4H3/b16-9-. The van der Waals surface area contributed by atoms with Crippen LogP contribution in [0.5, 0.6) is 5.75 Å². The molecule has 2 aromatic carbocycles. The average Bonchev–Trinajstić information content (AvgIpc) is 2.50. The Bertz CT molecular complexity index is 756. The highest BCUT2D eigenvalue weighted by Crippen LogP contribution is 2.47. The van der Waals surface area contributed by atoms with Gasteiger partial charge in [0.15, 0.2) is 0 Å². The molecule has 120 valence electrons. The summed E-state index contributed by atoms with van der Waals surface area (Å²) in [7, 11) is 4.19. The van der Waals surface area contributed by atoms with Crippen molar-refractivity contribution in [1.29, 1.82) is 0 Å². The number of fused-ring (bicyclic) bond motifs is 2. The van der Waals surface area contributed by atoms with E-state index in [1.165, 1.54) is 22.3 Å². The monoisotopic (exact) mass is 307 g/mol. The first-order valence-corrected chi connectivity index (χ1v) is 8.20. The molecule has 0 amide bonds. The van der Waals surface area contributed by atoms with Crippen molar-refractivity contribution >= 4 is 5.57 Å². The van der Waals surface area contributed by atoms with E-state index in [2.05, 4.69) is 69.3 Å². The molecule has 0 heterocycles. The van der Waals surface area contributed by atoms with Gasteiger partial charge in [-0.2, -0.15) is 0 Å². The molecule has 2 aromatic rings. The number of rotatable bonds is 3. The van der Waals surface area contributed by atoms with Gasteiger partial charge in [0, 0.05) is 12.0 Å². The maximum atomic E-state index is 10.0. The van der Waals surface area contributed by atoms with E-state index in [0.717, 1.165) is 18.5 Å². The molecule has 0 spiro atoms. The third-order valence-electron chi connectivity index (χ3n) is 4.78. The molecule has 1 aliphatic carbocycles. The predicted molar refractivity (Wildman–Crippen MR) is 96.9 cm³/mol. The van der Waals surface area contributed by atoms with Crippen LogP contribution in [0.1, 0.15) is 42.5 Å². The zero-order valence-corrected chi connectivity index (χ0v) is 14.4. The summed E-state index contributed by atoms with van der Waals surface area (Å²) < 4.78 is 0. The van der Waals surface area contributed by atoms with E-state index in [1.807, 2.05) is 6.07 Å². The SMILES string of the molecule is CN(C)CC/C=C1/c2ccccc2C(C)(C)c2ccc(O)cc21. The van der Waals surface area contributed by atoms with Gasteiger partial charge in [0.2, 0.25) is 0 Å². The lowest BCUT2D eigenvalue weighted by molar-refractivity contribution is 0.417. The predicted octanol–water partition coefficient (Wildman–Crippen LogP) is 4.41. The van der Waals surface area contributed by atoms with E-state index < -0.39 is 0 Å². The van der Waals surface area contributed by atoms with Gasteiger partial charge in [-0.15, -0.1) is 0 Å². The molecular weight excluding hydrogens is 282 g/mol. The van der Waals surface area contributed by atoms with Gasteiger partial charge >= 0.3 is 0 Å². The van der Waals surface area contributed by atoms with E-state index in [-0.39, 0.29) is 5.41 Å². The summed E-state index contributed by atoms with van der Waals surface area (Å²) in [6.45, 7) is 5.54. The summed E-state index contributed by atoms with van der Waals surface area (Å²) in [4.78, 5) is 2.19. The summed E-state index contributed by atoms with van der Waals surface area (Å²) in [6.07, 6.45) is 3.30. The van der Waals surface area contributed by atoms with Gasteiger partial charge in [0.1, 0.15) is 5.75 Å². The summed E-state index contributed by atoms with van der Waals surface area (Å²) >= 11 is 0. The van der Waals surface area contributed by atoms with Crippen molar-refractivity contribution in [3.8, 4) is 5.75 Å². The molecular formula is C21H25NO. The Morgan fingerprint density at radius 3 is 2.43 bits per heavy atom. The Kier molecular flexibility index (Phi) is 4.03. The highest BCUT2D eigenvalue weighted by atomic mass is 16.3. The molecule has 3 rings (SSSR count). The van der Waals surface area contributed by atoms with Gasteiger partial charge in [-0.05, 0) is 60.5 Å². The lowest BCUT2D eigenvalue weighted by Crippen LogP contribution is -2.26. The van der Waals surface area contributed by atoms with Gasteiger partial charge in [-0.1, -0.05) is 50.3 Å². The van der Waals surface area contributed by atoms with Crippen LogP contribution in [0.15, 0.2) is 48.5 Å². The fourth-order valence-electron chi connectivity index (χ4n) is 3.54. The molecule has 2 nitrogen and oxygen atoms in total. The molecule has 0 saturated carbocycles. The van der Waals surface area contributed by atoms with E-state index in [4.69, 9.17) is 0 Å². The van der Waals surface area contributed by atoms with Gasteiger partial charge in [-0.3, -0.25) is 0 Å². The second-order valence-electron chi connectivity index (χ2n) is 7.11. The van der Waals surface area contributed by atoms with E-state index in [0.29, 0.717) is 5.75 Å². The third-order valence-corrected chi connectivity index (χ3v) is 4.78. The normalized spacial score (nSPS) is 17.2. The van der Waals surface area contributed by atoms with Crippen LogP contribution in [0.3, 0.4) is 0 Å². The average molecular weight is 307 g/mol. The number of hydrogen-bond donors (Lipinski definition) is 1. The topological polar surface area (TPSA) is 23.5 Å². The summed E-state index contributed by atoms with van der Waals surface area (Å²) in [5.74, 6) is 0.331. The molecule has 23 heavy (non-hydrogen) atoms. The maximum Gasteiger partial charge on any atom is 0.116 e. The zero-order valence-electron chi connectivity index (χ0n) is 14.4. The van der Waals surface area contributed by atoms with E-state index >= 15 is 0 Å². The van der Waals surface area contributed by atoms with Crippen molar-refractivity contribution < 1.29 is 5.11 Å². The summed E-state index contributed by atoms with van der Waals surface area (Å²) in [6, 6.07) is 14.4. The maximum absolute atomic E-state index is 10.0. The van der Waals surface area contributed by atoms with Crippen LogP contribution in [0, 0.1) is 0 Å². The Morgan fingerprint density at radius 1 is 1.00 bits per heavy atom. The lowest BCUT2D eigenvalue weighted by Gasteiger charge is -2.36. The first-order valence-electron chi connectivity index (χ1n) is 8.20. The van der Waals surface area contributed by atoms with Gasteiger partial charge in [-0.25, -0.2) is 0 Å². The van der Waals surface area contributed by atoms with Crippen molar-refractivity contribution in [1.82, 2.24) is 4.90 Å². The van der Waals surface area contributed by atoms with Crippen LogP contribution < -0.4 is 0 Å². The van der Waals surface area contributed by atoms with Crippen molar-refractivity contribution in [3.63, 3.8) is 0 Å².